The lowest BCUT2D eigenvalue weighted by Gasteiger charge is -2.15. The maximum Gasteiger partial charge on any atom is 0.176 e. The predicted octanol–water partition coefficient (Wildman–Crippen LogP) is 1.93. The van der Waals surface area contributed by atoms with Crippen molar-refractivity contribution in [3.63, 3.8) is 0 Å². The number of thiophene rings is 1. The second-order valence-electron chi connectivity index (χ2n) is 3.64. The molecule has 0 spiro atoms. The quantitative estimate of drug-likeness (QED) is 0.916. The lowest BCUT2D eigenvalue weighted by atomic mass is 10.1. The Morgan fingerprint density at radius 2 is 2.41 bits per heavy atom. The average Bonchev–Trinajstić information content (AvgIpc) is 2.87. The van der Waals surface area contributed by atoms with Crippen LogP contribution in [0.2, 0.25) is 0 Å². The number of hydrogen-bond donors (Lipinski definition) is 1. The van der Waals surface area contributed by atoms with E-state index in [0.29, 0.717) is 0 Å². The summed E-state index contributed by atoms with van der Waals surface area (Å²) in [6.45, 7) is 3.01. The lowest BCUT2D eigenvalue weighted by Crippen LogP contribution is -2.23. The van der Waals surface area contributed by atoms with E-state index in [9.17, 15) is 0 Å². The number of rotatable bonds is 5. The van der Waals surface area contributed by atoms with E-state index < -0.39 is 0 Å². The largest absolute Gasteiger partial charge is 0.309 e. The molecule has 0 aliphatic carbocycles. The molecule has 0 aliphatic rings. The molecule has 17 heavy (non-hydrogen) atoms. The second-order valence-corrected chi connectivity index (χ2v) is 5.44. The summed E-state index contributed by atoms with van der Waals surface area (Å²) in [5.41, 5.74) is 0. The lowest BCUT2D eigenvalue weighted by molar-refractivity contribution is 0.541. The Kier molecular flexibility index (Phi) is 4.25. The van der Waals surface area contributed by atoms with Crippen LogP contribution in [0.5, 0.6) is 0 Å². The zero-order valence-electron chi connectivity index (χ0n) is 9.72. The molecule has 2 rings (SSSR count). The second kappa shape index (κ2) is 5.70. The topological polar surface area (TPSA) is 55.6 Å². The highest BCUT2D eigenvalue weighted by molar-refractivity contribution is 9.10. The van der Waals surface area contributed by atoms with Gasteiger partial charge in [-0.2, -0.15) is 4.80 Å². The summed E-state index contributed by atoms with van der Waals surface area (Å²) in [5, 5.41) is 17.6. The number of likely N-dealkylation sites (N-methyl/N-ethyl adjacent to an activating group) is 1. The number of aryl methyl sites for hydroxylation is 1. The van der Waals surface area contributed by atoms with Crippen molar-refractivity contribution < 1.29 is 0 Å². The number of hydrogen-bond acceptors (Lipinski definition) is 5. The Morgan fingerprint density at radius 1 is 1.59 bits per heavy atom. The minimum Gasteiger partial charge on any atom is -0.309 e. The van der Waals surface area contributed by atoms with Crippen molar-refractivity contribution in [2.45, 2.75) is 19.4 Å². The van der Waals surface area contributed by atoms with E-state index in [0.717, 1.165) is 23.3 Å². The Hall–Kier alpha value is -0.790. The number of nitrogens with zero attached hydrogens (tertiary/aromatic N) is 4. The van der Waals surface area contributed by atoms with Crippen molar-refractivity contribution in [1.82, 2.24) is 25.5 Å². The van der Waals surface area contributed by atoms with Gasteiger partial charge in [-0.1, -0.05) is 6.92 Å². The first kappa shape index (κ1) is 12.7. The van der Waals surface area contributed by atoms with Crippen LogP contribution in [0.3, 0.4) is 0 Å². The van der Waals surface area contributed by atoms with Gasteiger partial charge >= 0.3 is 0 Å². The molecule has 0 aliphatic heterocycles. The molecule has 0 bridgehead atoms. The third-order valence-corrected chi connectivity index (χ3v) is 4.33. The van der Waals surface area contributed by atoms with E-state index in [2.05, 4.69) is 55.0 Å². The SMILES string of the molecule is CCNC(Cc1nnn(C)n1)c1sccc1Br. The van der Waals surface area contributed by atoms with Crippen LogP contribution in [0.1, 0.15) is 23.7 Å². The van der Waals surface area contributed by atoms with Gasteiger partial charge in [0.2, 0.25) is 0 Å². The van der Waals surface area contributed by atoms with Crippen LogP contribution in [0.15, 0.2) is 15.9 Å². The summed E-state index contributed by atoms with van der Waals surface area (Å²) in [6, 6.07) is 2.30. The first-order valence-corrected chi connectivity index (χ1v) is 7.07. The Balaban J connectivity index is 2.15. The molecule has 0 radical (unpaired) electrons. The van der Waals surface area contributed by atoms with Crippen LogP contribution < -0.4 is 5.32 Å². The van der Waals surface area contributed by atoms with Crippen LogP contribution in [0.4, 0.5) is 0 Å². The fourth-order valence-electron chi connectivity index (χ4n) is 1.65. The first-order chi connectivity index (χ1) is 8.20. The normalized spacial score (nSPS) is 12.9. The third kappa shape index (κ3) is 3.11. The van der Waals surface area contributed by atoms with E-state index in [4.69, 9.17) is 0 Å². The Bertz CT molecular complexity index is 481. The molecule has 2 heterocycles. The molecule has 1 N–H and O–H groups in total. The van der Waals surface area contributed by atoms with Gasteiger partial charge in [-0.05, 0) is 39.1 Å². The van der Waals surface area contributed by atoms with Crippen molar-refractivity contribution in [3.8, 4) is 0 Å². The molecule has 0 saturated heterocycles. The highest BCUT2D eigenvalue weighted by Crippen LogP contribution is 2.30. The minimum atomic E-state index is 0.235. The van der Waals surface area contributed by atoms with Gasteiger partial charge < -0.3 is 5.32 Å². The molecule has 0 saturated carbocycles. The van der Waals surface area contributed by atoms with Gasteiger partial charge in [0.25, 0.3) is 0 Å². The highest BCUT2D eigenvalue weighted by Gasteiger charge is 2.17. The van der Waals surface area contributed by atoms with E-state index >= 15 is 0 Å². The smallest absolute Gasteiger partial charge is 0.176 e. The van der Waals surface area contributed by atoms with Crippen LogP contribution in [0, 0.1) is 0 Å². The fraction of sp³-hybridized carbons (Fsp3) is 0.500. The van der Waals surface area contributed by atoms with Crippen LogP contribution >= 0.6 is 27.3 Å². The van der Waals surface area contributed by atoms with Gasteiger partial charge in [0.05, 0.1) is 7.05 Å². The van der Waals surface area contributed by atoms with Crippen molar-refractivity contribution in [2.24, 2.45) is 7.05 Å². The molecule has 0 amide bonds. The number of tetrazole rings is 1. The molecular weight excluding hydrogens is 302 g/mol. The summed E-state index contributed by atoms with van der Waals surface area (Å²) in [5.74, 6) is 0.763. The summed E-state index contributed by atoms with van der Waals surface area (Å²) in [6.07, 6.45) is 0.751. The molecule has 0 aromatic carbocycles. The van der Waals surface area contributed by atoms with E-state index in [1.165, 1.54) is 9.67 Å². The van der Waals surface area contributed by atoms with Crippen LogP contribution in [-0.2, 0) is 13.5 Å². The molecule has 2 aromatic rings. The van der Waals surface area contributed by atoms with Crippen molar-refractivity contribution >= 4 is 27.3 Å². The Morgan fingerprint density at radius 3 is 2.94 bits per heavy atom. The van der Waals surface area contributed by atoms with E-state index in [-0.39, 0.29) is 6.04 Å². The minimum absolute atomic E-state index is 0.235. The molecule has 1 atom stereocenters. The van der Waals surface area contributed by atoms with Gasteiger partial charge in [-0.25, -0.2) is 0 Å². The monoisotopic (exact) mass is 315 g/mol. The van der Waals surface area contributed by atoms with Gasteiger partial charge in [-0.3, -0.25) is 0 Å². The number of halogens is 1. The Labute approximate surface area is 112 Å². The molecule has 1 unspecified atom stereocenters. The van der Waals surface area contributed by atoms with Crippen molar-refractivity contribution in [2.75, 3.05) is 6.54 Å². The fourth-order valence-corrected chi connectivity index (χ4v) is 3.37. The van der Waals surface area contributed by atoms with Gasteiger partial charge in [0, 0.05) is 21.8 Å². The average molecular weight is 316 g/mol. The van der Waals surface area contributed by atoms with Crippen molar-refractivity contribution in [3.05, 3.63) is 26.6 Å². The van der Waals surface area contributed by atoms with E-state index in [1.54, 1.807) is 18.4 Å². The molecule has 7 heteroatoms. The van der Waals surface area contributed by atoms with Gasteiger partial charge in [0.15, 0.2) is 5.82 Å². The van der Waals surface area contributed by atoms with Crippen LogP contribution in [0.25, 0.3) is 0 Å². The summed E-state index contributed by atoms with van der Waals surface area (Å²) in [4.78, 5) is 2.77. The number of aromatic nitrogens is 4. The van der Waals surface area contributed by atoms with E-state index in [1.807, 2.05) is 0 Å². The van der Waals surface area contributed by atoms with Crippen molar-refractivity contribution in [1.29, 1.82) is 0 Å². The maximum absolute atomic E-state index is 4.22. The first-order valence-electron chi connectivity index (χ1n) is 5.40. The third-order valence-electron chi connectivity index (χ3n) is 2.35. The molecular formula is C10H14BrN5S. The molecule has 5 nitrogen and oxygen atoms in total. The summed E-state index contributed by atoms with van der Waals surface area (Å²) in [7, 11) is 1.78. The van der Waals surface area contributed by atoms with Gasteiger partial charge in [0.1, 0.15) is 0 Å². The maximum atomic E-state index is 4.22. The molecule has 2 aromatic heterocycles. The summed E-state index contributed by atoms with van der Waals surface area (Å²) < 4.78 is 1.14. The molecule has 0 fully saturated rings. The predicted molar refractivity (Wildman–Crippen MR) is 70.9 cm³/mol. The zero-order valence-corrected chi connectivity index (χ0v) is 12.1. The highest BCUT2D eigenvalue weighted by atomic mass is 79.9. The zero-order chi connectivity index (χ0) is 12.3. The standard InChI is InChI=1S/C10H14BrN5S/c1-3-12-8(10-7(11)4-5-17-10)6-9-13-15-16(2)14-9/h4-5,8,12H,3,6H2,1-2H3. The van der Waals surface area contributed by atoms with Gasteiger partial charge in [-0.15, -0.1) is 21.5 Å². The number of nitrogens with one attached hydrogen (secondary N) is 1. The summed E-state index contributed by atoms with van der Waals surface area (Å²) >= 11 is 5.30. The van der Waals surface area contributed by atoms with Crippen LogP contribution in [-0.4, -0.2) is 26.8 Å². The molecule has 92 valence electrons.